The lowest BCUT2D eigenvalue weighted by molar-refractivity contribution is 0.0681. The van der Waals surface area contributed by atoms with Crippen molar-refractivity contribution < 1.29 is 19.1 Å². The fourth-order valence-corrected chi connectivity index (χ4v) is 3.42. The molecule has 0 saturated heterocycles. The van der Waals surface area contributed by atoms with Crippen LogP contribution in [0.3, 0.4) is 0 Å². The van der Waals surface area contributed by atoms with Gasteiger partial charge in [0.1, 0.15) is 0 Å². The Morgan fingerprint density at radius 3 is 1.87 bits per heavy atom. The Bertz CT molecular complexity index is 1020. The molecule has 0 aliphatic heterocycles. The fraction of sp³-hybridized carbons (Fsp3) is 0.259. The number of ether oxygens (including phenoxy) is 2. The van der Waals surface area contributed by atoms with Crippen molar-refractivity contribution in [2.45, 2.75) is 40.0 Å². The molecule has 0 spiro atoms. The molecule has 160 valence electrons. The quantitative estimate of drug-likeness (QED) is 0.320. The molecule has 0 unspecified atom stereocenters. The first kappa shape index (κ1) is 22.3. The van der Waals surface area contributed by atoms with Crippen LogP contribution in [0.2, 0.25) is 0 Å². The summed E-state index contributed by atoms with van der Waals surface area (Å²) in [6.07, 6.45) is 2.41. The van der Waals surface area contributed by atoms with E-state index >= 15 is 0 Å². The third-order valence-corrected chi connectivity index (χ3v) is 4.77. The predicted molar refractivity (Wildman–Crippen MR) is 122 cm³/mol. The Morgan fingerprint density at radius 2 is 1.35 bits per heavy atom. The number of carbonyl (C=O) groups is 2. The second kappa shape index (κ2) is 10.6. The van der Waals surface area contributed by atoms with Crippen LogP contribution in [0.4, 0.5) is 0 Å². The van der Waals surface area contributed by atoms with Crippen molar-refractivity contribution >= 4 is 11.9 Å². The van der Waals surface area contributed by atoms with Gasteiger partial charge in [0.05, 0.1) is 11.1 Å². The van der Waals surface area contributed by atoms with Crippen LogP contribution in [0.5, 0.6) is 11.5 Å². The lowest BCUT2D eigenvalue weighted by atomic mass is 9.98. The Balaban J connectivity index is 2.02. The molecule has 4 heteroatoms. The van der Waals surface area contributed by atoms with Gasteiger partial charge >= 0.3 is 11.9 Å². The van der Waals surface area contributed by atoms with E-state index in [9.17, 15) is 9.59 Å². The van der Waals surface area contributed by atoms with Crippen molar-refractivity contribution in [3.8, 4) is 11.5 Å². The van der Waals surface area contributed by atoms with Crippen LogP contribution >= 0.6 is 0 Å². The van der Waals surface area contributed by atoms with Crippen LogP contribution < -0.4 is 9.47 Å². The normalized spacial score (nSPS) is 10.7. The molecule has 0 N–H and O–H groups in total. The van der Waals surface area contributed by atoms with Crippen molar-refractivity contribution in [1.29, 1.82) is 0 Å². The number of hydrogen-bond acceptors (Lipinski definition) is 4. The second-order valence-corrected chi connectivity index (χ2v) is 7.94. The summed E-state index contributed by atoms with van der Waals surface area (Å²) in [7, 11) is 0. The van der Waals surface area contributed by atoms with Crippen LogP contribution in [0.25, 0.3) is 0 Å². The van der Waals surface area contributed by atoms with Crippen molar-refractivity contribution in [3.63, 3.8) is 0 Å². The molecule has 3 rings (SSSR count). The van der Waals surface area contributed by atoms with E-state index in [0.29, 0.717) is 29.2 Å². The van der Waals surface area contributed by atoms with Crippen LogP contribution in [0.1, 0.15) is 59.0 Å². The van der Waals surface area contributed by atoms with E-state index in [2.05, 4.69) is 26.8 Å². The molecule has 0 saturated carbocycles. The minimum atomic E-state index is -0.484. The zero-order valence-corrected chi connectivity index (χ0v) is 18.3. The van der Waals surface area contributed by atoms with E-state index in [-0.39, 0.29) is 5.75 Å². The van der Waals surface area contributed by atoms with Gasteiger partial charge in [0.25, 0.3) is 0 Å². The van der Waals surface area contributed by atoms with Crippen LogP contribution in [-0.2, 0) is 12.8 Å². The zero-order valence-electron chi connectivity index (χ0n) is 18.3. The van der Waals surface area contributed by atoms with Crippen molar-refractivity contribution in [1.82, 2.24) is 0 Å². The summed E-state index contributed by atoms with van der Waals surface area (Å²) in [6.45, 7) is 6.34. The summed E-state index contributed by atoms with van der Waals surface area (Å²) in [4.78, 5) is 25.5. The van der Waals surface area contributed by atoms with Gasteiger partial charge in [0, 0.05) is 0 Å². The molecule has 0 atom stereocenters. The van der Waals surface area contributed by atoms with Crippen LogP contribution in [0, 0.1) is 5.92 Å². The standard InChI is InChI=1S/C27H28O4/c1-4-11-23-17-20(16-19(2)3)18-24(30-26(28)21-12-7-5-8-13-21)25(23)31-27(29)22-14-9-6-10-15-22/h5-10,12-15,17-19H,4,11,16H2,1-3H3. The Labute approximate surface area is 183 Å². The minimum absolute atomic E-state index is 0.278. The highest BCUT2D eigenvalue weighted by Gasteiger charge is 2.21. The summed E-state index contributed by atoms with van der Waals surface area (Å²) in [5, 5.41) is 0. The predicted octanol–water partition coefficient (Wildman–Crippen LogP) is 6.28. The maximum Gasteiger partial charge on any atom is 0.343 e. The fourth-order valence-electron chi connectivity index (χ4n) is 3.42. The lowest BCUT2D eigenvalue weighted by Crippen LogP contribution is -2.14. The maximum atomic E-state index is 12.8. The topological polar surface area (TPSA) is 52.6 Å². The molecule has 0 bridgehead atoms. The Hall–Kier alpha value is -3.40. The number of aryl methyl sites for hydroxylation is 1. The molecule has 0 aliphatic rings. The second-order valence-electron chi connectivity index (χ2n) is 7.94. The third-order valence-electron chi connectivity index (χ3n) is 4.77. The van der Waals surface area contributed by atoms with Crippen LogP contribution in [-0.4, -0.2) is 11.9 Å². The SMILES string of the molecule is CCCc1cc(CC(C)C)cc(OC(=O)c2ccccc2)c1OC(=O)c1ccccc1. The van der Waals surface area contributed by atoms with Gasteiger partial charge in [-0.15, -0.1) is 0 Å². The van der Waals surface area contributed by atoms with Gasteiger partial charge in [0.15, 0.2) is 11.5 Å². The van der Waals surface area contributed by atoms with Gasteiger partial charge in [-0.05, 0) is 60.2 Å². The molecule has 0 aromatic heterocycles. The van der Waals surface area contributed by atoms with Gasteiger partial charge in [0.2, 0.25) is 0 Å². The molecular formula is C27H28O4. The Kier molecular flexibility index (Phi) is 7.60. The number of benzene rings is 3. The van der Waals surface area contributed by atoms with Crippen molar-refractivity contribution in [2.24, 2.45) is 5.92 Å². The number of carbonyl (C=O) groups excluding carboxylic acids is 2. The van der Waals surface area contributed by atoms with Gasteiger partial charge < -0.3 is 9.47 Å². The highest BCUT2D eigenvalue weighted by molar-refractivity contribution is 5.93. The van der Waals surface area contributed by atoms with E-state index in [1.165, 1.54) is 0 Å². The van der Waals surface area contributed by atoms with Gasteiger partial charge in [-0.1, -0.05) is 69.7 Å². The monoisotopic (exact) mass is 416 g/mol. The molecule has 3 aromatic carbocycles. The molecule has 0 amide bonds. The van der Waals surface area contributed by atoms with Crippen LogP contribution in [0.15, 0.2) is 72.8 Å². The third kappa shape index (κ3) is 6.05. The van der Waals surface area contributed by atoms with E-state index < -0.39 is 11.9 Å². The average molecular weight is 417 g/mol. The maximum absolute atomic E-state index is 12.8. The molecular weight excluding hydrogens is 388 g/mol. The summed E-state index contributed by atoms with van der Waals surface area (Å²) in [5.41, 5.74) is 2.79. The number of rotatable bonds is 8. The molecule has 4 nitrogen and oxygen atoms in total. The summed E-state index contributed by atoms with van der Waals surface area (Å²) in [5.74, 6) is 0.0606. The average Bonchev–Trinajstić information content (AvgIpc) is 2.77. The molecule has 0 heterocycles. The van der Waals surface area contributed by atoms with Gasteiger partial charge in [-0.3, -0.25) is 0 Å². The highest BCUT2D eigenvalue weighted by atomic mass is 16.6. The molecule has 0 radical (unpaired) electrons. The van der Waals surface area contributed by atoms with Crippen molar-refractivity contribution in [3.05, 3.63) is 95.1 Å². The number of hydrogen-bond donors (Lipinski definition) is 0. The first-order valence-electron chi connectivity index (χ1n) is 10.7. The number of esters is 2. The summed E-state index contributed by atoms with van der Waals surface area (Å²) < 4.78 is 11.6. The molecule has 31 heavy (non-hydrogen) atoms. The van der Waals surface area contributed by atoms with Crippen molar-refractivity contribution in [2.75, 3.05) is 0 Å². The van der Waals surface area contributed by atoms with E-state index in [1.807, 2.05) is 18.2 Å². The summed E-state index contributed by atoms with van der Waals surface area (Å²) in [6, 6.07) is 21.5. The Morgan fingerprint density at radius 1 is 0.806 bits per heavy atom. The van der Waals surface area contributed by atoms with E-state index in [0.717, 1.165) is 24.0 Å². The summed E-state index contributed by atoms with van der Waals surface area (Å²) >= 11 is 0. The smallest absolute Gasteiger partial charge is 0.343 e. The highest BCUT2D eigenvalue weighted by Crippen LogP contribution is 2.36. The molecule has 0 aliphatic carbocycles. The minimum Gasteiger partial charge on any atom is -0.419 e. The van der Waals surface area contributed by atoms with E-state index in [1.54, 1.807) is 48.5 Å². The molecule has 0 fully saturated rings. The first-order valence-corrected chi connectivity index (χ1v) is 10.7. The van der Waals surface area contributed by atoms with Gasteiger partial charge in [-0.2, -0.15) is 0 Å². The first-order chi connectivity index (χ1) is 15.0. The van der Waals surface area contributed by atoms with Gasteiger partial charge in [-0.25, -0.2) is 9.59 Å². The van der Waals surface area contributed by atoms with E-state index in [4.69, 9.17) is 9.47 Å². The largest absolute Gasteiger partial charge is 0.419 e. The zero-order chi connectivity index (χ0) is 22.2. The lowest BCUT2D eigenvalue weighted by Gasteiger charge is -2.17. The molecule has 3 aromatic rings.